The standard InChI is InChI=1S/C11H16ClN3O3S/c1-7-9(12)5-8(6-10(7)13)19(17,18)15-4-2-3-11(14)16/h5-6,15H,2-4,13H2,1H3,(H2,14,16). The molecule has 0 aliphatic heterocycles. The number of benzene rings is 1. The first kappa shape index (κ1) is 15.7. The van der Waals surface area contributed by atoms with Gasteiger partial charge in [-0.1, -0.05) is 11.6 Å². The maximum absolute atomic E-state index is 12.0. The Labute approximate surface area is 117 Å². The van der Waals surface area contributed by atoms with Gasteiger partial charge in [-0.2, -0.15) is 0 Å². The molecule has 5 N–H and O–H groups in total. The summed E-state index contributed by atoms with van der Waals surface area (Å²) in [6.07, 6.45) is 0.461. The predicted molar refractivity (Wildman–Crippen MR) is 74.2 cm³/mol. The Kier molecular flexibility index (Phi) is 5.16. The number of amides is 1. The molecule has 0 aromatic heterocycles. The van der Waals surface area contributed by atoms with Gasteiger partial charge < -0.3 is 11.5 Å². The Balaban J connectivity index is 2.80. The molecule has 0 radical (unpaired) electrons. The van der Waals surface area contributed by atoms with Gasteiger partial charge in [0.1, 0.15) is 0 Å². The van der Waals surface area contributed by atoms with Crippen LogP contribution >= 0.6 is 11.6 Å². The fourth-order valence-corrected chi connectivity index (χ4v) is 2.81. The number of hydrogen-bond acceptors (Lipinski definition) is 4. The summed E-state index contributed by atoms with van der Waals surface area (Å²) in [6, 6.07) is 2.68. The minimum atomic E-state index is -3.69. The summed E-state index contributed by atoms with van der Waals surface area (Å²) in [5.41, 5.74) is 11.6. The van der Waals surface area contributed by atoms with Crippen LogP contribution in [0, 0.1) is 6.92 Å². The molecule has 0 saturated heterocycles. The molecule has 106 valence electrons. The summed E-state index contributed by atoms with van der Waals surface area (Å²) in [5, 5.41) is 0.289. The minimum Gasteiger partial charge on any atom is -0.398 e. The Morgan fingerprint density at radius 2 is 2.05 bits per heavy atom. The van der Waals surface area contributed by atoms with Crippen LogP contribution in [0.15, 0.2) is 17.0 Å². The summed E-state index contributed by atoms with van der Waals surface area (Å²) >= 11 is 5.89. The van der Waals surface area contributed by atoms with Crippen LogP contribution in [0.25, 0.3) is 0 Å². The van der Waals surface area contributed by atoms with Gasteiger partial charge in [-0.3, -0.25) is 4.79 Å². The smallest absolute Gasteiger partial charge is 0.240 e. The lowest BCUT2D eigenvalue weighted by Crippen LogP contribution is -2.26. The zero-order chi connectivity index (χ0) is 14.6. The topological polar surface area (TPSA) is 115 Å². The molecule has 19 heavy (non-hydrogen) atoms. The number of primary amides is 1. The van der Waals surface area contributed by atoms with Gasteiger partial charge in [0.05, 0.1) is 4.90 Å². The van der Waals surface area contributed by atoms with Crippen molar-refractivity contribution in [2.24, 2.45) is 5.73 Å². The lowest BCUT2D eigenvalue weighted by atomic mass is 10.2. The zero-order valence-electron chi connectivity index (χ0n) is 10.4. The fraction of sp³-hybridized carbons (Fsp3) is 0.364. The molecule has 0 spiro atoms. The molecule has 6 nitrogen and oxygen atoms in total. The molecule has 0 aliphatic rings. The Hall–Kier alpha value is -1.31. The van der Waals surface area contributed by atoms with Crippen molar-refractivity contribution in [1.29, 1.82) is 0 Å². The highest BCUT2D eigenvalue weighted by Crippen LogP contribution is 2.25. The van der Waals surface area contributed by atoms with E-state index in [-0.39, 0.29) is 22.9 Å². The van der Waals surface area contributed by atoms with E-state index in [1.54, 1.807) is 6.92 Å². The van der Waals surface area contributed by atoms with E-state index >= 15 is 0 Å². The maximum Gasteiger partial charge on any atom is 0.240 e. The third kappa shape index (κ3) is 4.38. The molecule has 1 aromatic carbocycles. The van der Waals surface area contributed by atoms with E-state index in [1.807, 2.05) is 0 Å². The molecule has 1 rings (SSSR count). The molecule has 0 aliphatic carbocycles. The van der Waals surface area contributed by atoms with E-state index in [2.05, 4.69) is 4.72 Å². The van der Waals surface area contributed by atoms with Crippen molar-refractivity contribution in [2.45, 2.75) is 24.7 Å². The molecule has 1 amide bonds. The van der Waals surface area contributed by atoms with Gasteiger partial charge in [0, 0.05) is 23.7 Å². The van der Waals surface area contributed by atoms with Crippen molar-refractivity contribution in [3.8, 4) is 0 Å². The fourth-order valence-electron chi connectivity index (χ4n) is 1.38. The molecule has 0 atom stereocenters. The second-order valence-electron chi connectivity index (χ2n) is 4.09. The lowest BCUT2D eigenvalue weighted by Gasteiger charge is -2.09. The second-order valence-corrected chi connectivity index (χ2v) is 6.26. The summed E-state index contributed by atoms with van der Waals surface area (Å²) in [6.45, 7) is 1.82. The molecular formula is C11H16ClN3O3S. The molecule has 0 saturated carbocycles. The number of carbonyl (C=O) groups is 1. The van der Waals surface area contributed by atoms with Crippen LogP contribution in [-0.4, -0.2) is 20.9 Å². The SMILES string of the molecule is Cc1c(N)cc(S(=O)(=O)NCCCC(N)=O)cc1Cl. The Bertz CT molecular complexity index is 564. The monoisotopic (exact) mass is 305 g/mol. The van der Waals surface area contributed by atoms with Crippen molar-refractivity contribution >= 4 is 33.2 Å². The molecule has 1 aromatic rings. The molecule has 0 unspecified atom stereocenters. The molecule has 0 bridgehead atoms. The van der Waals surface area contributed by atoms with Crippen LogP contribution in [0.1, 0.15) is 18.4 Å². The van der Waals surface area contributed by atoms with Gasteiger partial charge in [-0.15, -0.1) is 0 Å². The average molecular weight is 306 g/mol. The molecule has 0 heterocycles. The van der Waals surface area contributed by atoms with Crippen molar-refractivity contribution in [1.82, 2.24) is 4.72 Å². The van der Waals surface area contributed by atoms with Crippen LogP contribution < -0.4 is 16.2 Å². The number of anilines is 1. The van der Waals surface area contributed by atoms with E-state index in [0.717, 1.165) is 0 Å². The van der Waals surface area contributed by atoms with Gasteiger partial charge in [0.15, 0.2) is 0 Å². The summed E-state index contributed by atoms with van der Waals surface area (Å²) < 4.78 is 26.3. The minimum absolute atomic E-state index is 0.000301. The number of carbonyl (C=O) groups excluding carboxylic acids is 1. The average Bonchev–Trinajstić information content (AvgIpc) is 2.31. The first-order valence-electron chi connectivity index (χ1n) is 5.57. The summed E-state index contributed by atoms with van der Waals surface area (Å²) in [4.78, 5) is 10.5. The number of nitrogen functional groups attached to an aromatic ring is 1. The van der Waals surface area contributed by atoms with Crippen LogP contribution in [0.3, 0.4) is 0 Å². The Morgan fingerprint density at radius 1 is 1.42 bits per heavy atom. The van der Waals surface area contributed by atoms with Gasteiger partial charge in [-0.25, -0.2) is 13.1 Å². The highest BCUT2D eigenvalue weighted by atomic mass is 35.5. The zero-order valence-corrected chi connectivity index (χ0v) is 12.0. The van der Waals surface area contributed by atoms with Gasteiger partial charge in [0.25, 0.3) is 0 Å². The second kappa shape index (κ2) is 6.23. The van der Waals surface area contributed by atoms with E-state index in [1.165, 1.54) is 12.1 Å². The number of rotatable bonds is 6. The van der Waals surface area contributed by atoms with Gasteiger partial charge in [-0.05, 0) is 31.0 Å². The van der Waals surface area contributed by atoms with Crippen LogP contribution in [0.5, 0.6) is 0 Å². The van der Waals surface area contributed by atoms with Crippen LogP contribution in [0.4, 0.5) is 5.69 Å². The highest BCUT2D eigenvalue weighted by Gasteiger charge is 2.16. The van der Waals surface area contributed by atoms with Crippen molar-refractivity contribution in [2.75, 3.05) is 12.3 Å². The first-order valence-corrected chi connectivity index (χ1v) is 7.43. The van der Waals surface area contributed by atoms with E-state index in [9.17, 15) is 13.2 Å². The normalized spacial score (nSPS) is 11.5. The quantitative estimate of drug-likeness (QED) is 0.532. The Morgan fingerprint density at radius 3 is 2.58 bits per heavy atom. The van der Waals surface area contributed by atoms with E-state index < -0.39 is 15.9 Å². The number of hydrogen-bond donors (Lipinski definition) is 3. The number of halogens is 1. The summed E-state index contributed by atoms with van der Waals surface area (Å²) in [5.74, 6) is -0.471. The number of sulfonamides is 1. The van der Waals surface area contributed by atoms with Gasteiger partial charge >= 0.3 is 0 Å². The van der Waals surface area contributed by atoms with Crippen molar-refractivity contribution in [3.63, 3.8) is 0 Å². The first-order chi connectivity index (χ1) is 8.74. The maximum atomic E-state index is 12.0. The summed E-state index contributed by atoms with van der Waals surface area (Å²) in [7, 11) is -3.69. The van der Waals surface area contributed by atoms with Gasteiger partial charge in [0.2, 0.25) is 15.9 Å². The van der Waals surface area contributed by atoms with E-state index in [4.69, 9.17) is 23.1 Å². The molecule has 8 heteroatoms. The third-order valence-corrected chi connectivity index (χ3v) is 4.39. The van der Waals surface area contributed by atoms with Crippen LogP contribution in [-0.2, 0) is 14.8 Å². The van der Waals surface area contributed by atoms with E-state index in [0.29, 0.717) is 17.7 Å². The number of nitrogens with two attached hydrogens (primary N) is 2. The van der Waals surface area contributed by atoms with Crippen molar-refractivity contribution in [3.05, 3.63) is 22.7 Å². The number of nitrogens with one attached hydrogen (secondary N) is 1. The molecular weight excluding hydrogens is 290 g/mol. The highest BCUT2D eigenvalue weighted by molar-refractivity contribution is 7.89. The lowest BCUT2D eigenvalue weighted by molar-refractivity contribution is -0.118. The third-order valence-electron chi connectivity index (χ3n) is 2.56. The van der Waals surface area contributed by atoms with Crippen LogP contribution in [0.2, 0.25) is 5.02 Å². The largest absolute Gasteiger partial charge is 0.398 e. The predicted octanol–water partition coefficient (Wildman–Crippen LogP) is 0.774. The molecule has 0 fully saturated rings. The van der Waals surface area contributed by atoms with Crippen molar-refractivity contribution < 1.29 is 13.2 Å².